The summed E-state index contributed by atoms with van der Waals surface area (Å²) in [6.07, 6.45) is -0.268. The van der Waals surface area contributed by atoms with Crippen LogP contribution in [0.4, 0.5) is 0 Å². The van der Waals surface area contributed by atoms with Gasteiger partial charge in [0.15, 0.2) is 0 Å². The molecule has 0 aliphatic carbocycles. The maximum atomic E-state index is 11.0. The fourth-order valence-corrected chi connectivity index (χ4v) is 1.93. The fourth-order valence-electron chi connectivity index (χ4n) is 1.93. The Hall–Kier alpha value is -2.53. The lowest BCUT2D eigenvalue weighted by Crippen LogP contribution is -2.18. The third-order valence-electron chi connectivity index (χ3n) is 3.12. The van der Waals surface area contributed by atoms with E-state index in [9.17, 15) is 4.79 Å². The van der Waals surface area contributed by atoms with Crippen molar-refractivity contribution in [3.63, 3.8) is 0 Å². The molecule has 2 aromatic carbocycles. The summed E-state index contributed by atoms with van der Waals surface area (Å²) in [6.45, 7) is 0.337. The first-order valence-electron chi connectivity index (χ1n) is 6.54. The van der Waals surface area contributed by atoms with E-state index in [1.807, 2.05) is 24.3 Å². The van der Waals surface area contributed by atoms with E-state index in [1.165, 1.54) is 0 Å². The third kappa shape index (κ3) is 3.73. The zero-order chi connectivity index (χ0) is 15.2. The summed E-state index contributed by atoms with van der Waals surface area (Å²) in [4.78, 5) is 11.0. The van der Waals surface area contributed by atoms with Gasteiger partial charge in [0.2, 0.25) is 5.91 Å². The van der Waals surface area contributed by atoms with Crippen molar-refractivity contribution < 1.29 is 14.3 Å². The van der Waals surface area contributed by atoms with Gasteiger partial charge in [0.05, 0.1) is 7.11 Å². The number of methoxy groups -OCH3 is 1. The zero-order valence-corrected chi connectivity index (χ0v) is 11.8. The molecule has 5 heteroatoms. The van der Waals surface area contributed by atoms with Crippen LogP contribution in [0.15, 0.2) is 48.5 Å². The minimum Gasteiger partial charge on any atom is -0.497 e. The molecule has 4 N–H and O–H groups in total. The summed E-state index contributed by atoms with van der Waals surface area (Å²) in [7, 11) is 1.62. The molecule has 0 saturated heterocycles. The molecule has 21 heavy (non-hydrogen) atoms. The van der Waals surface area contributed by atoms with Crippen molar-refractivity contribution in [1.82, 2.24) is 0 Å². The van der Waals surface area contributed by atoms with Crippen molar-refractivity contribution in [2.45, 2.75) is 6.10 Å². The smallest absolute Gasteiger partial charge is 0.248 e. The van der Waals surface area contributed by atoms with Crippen LogP contribution in [0.5, 0.6) is 11.5 Å². The minimum absolute atomic E-state index is 0.268. The summed E-state index contributed by atoms with van der Waals surface area (Å²) >= 11 is 0. The molecule has 0 fully saturated rings. The molecule has 110 valence electrons. The average Bonchev–Trinajstić information content (AvgIpc) is 2.53. The normalized spacial score (nSPS) is 11.7. The lowest BCUT2D eigenvalue weighted by molar-refractivity contribution is 0.1000. The molecule has 0 aliphatic rings. The van der Waals surface area contributed by atoms with Crippen LogP contribution in [0.3, 0.4) is 0 Å². The quantitative estimate of drug-likeness (QED) is 0.848. The van der Waals surface area contributed by atoms with E-state index in [1.54, 1.807) is 31.4 Å². The maximum Gasteiger partial charge on any atom is 0.248 e. The van der Waals surface area contributed by atoms with Crippen molar-refractivity contribution in [1.29, 1.82) is 0 Å². The third-order valence-corrected chi connectivity index (χ3v) is 3.12. The minimum atomic E-state index is -0.466. The number of rotatable bonds is 6. The van der Waals surface area contributed by atoms with Crippen molar-refractivity contribution in [2.75, 3.05) is 13.7 Å². The van der Waals surface area contributed by atoms with Gasteiger partial charge in [-0.25, -0.2) is 0 Å². The zero-order valence-electron chi connectivity index (χ0n) is 11.8. The molecule has 0 aromatic heterocycles. The molecule has 1 atom stereocenters. The highest BCUT2D eigenvalue weighted by molar-refractivity contribution is 5.92. The lowest BCUT2D eigenvalue weighted by atomic mass is 10.1. The van der Waals surface area contributed by atoms with Crippen LogP contribution in [-0.2, 0) is 0 Å². The molecule has 2 aromatic rings. The maximum absolute atomic E-state index is 11.0. The van der Waals surface area contributed by atoms with Crippen molar-refractivity contribution >= 4 is 5.91 Å². The number of hydrogen-bond acceptors (Lipinski definition) is 4. The van der Waals surface area contributed by atoms with E-state index >= 15 is 0 Å². The van der Waals surface area contributed by atoms with Gasteiger partial charge in [0.1, 0.15) is 17.6 Å². The predicted octanol–water partition coefficient (Wildman–Crippen LogP) is 1.87. The first-order chi connectivity index (χ1) is 10.1. The van der Waals surface area contributed by atoms with Crippen LogP contribution in [0.2, 0.25) is 0 Å². The first-order valence-corrected chi connectivity index (χ1v) is 6.54. The topological polar surface area (TPSA) is 87.6 Å². The van der Waals surface area contributed by atoms with Crippen molar-refractivity contribution in [3.8, 4) is 11.5 Å². The highest BCUT2D eigenvalue weighted by Gasteiger charge is 2.12. The molecule has 1 unspecified atom stereocenters. The summed E-state index contributed by atoms with van der Waals surface area (Å²) in [5.41, 5.74) is 12.4. The molecular weight excluding hydrogens is 268 g/mol. The second-order valence-corrected chi connectivity index (χ2v) is 4.50. The van der Waals surface area contributed by atoms with E-state index in [0.717, 1.165) is 11.3 Å². The number of benzene rings is 2. The largest absolute Gasteiger partial charge is 0.497 e. The van der Waals surface area contributed by atoms with Crippen LogP contribution in [-0.4, -0.2) is 19.6 Å². The number of nitrogens with two attached hydrogens (primary N) is 2. The van der Waals surface area contributed by atoms with E-state index in [4.69, 9.17) is 20.9 Å². The fraction of sp³-hybridized carbons (Fsp3) is 0.188. The van der Waals surface area contributed by atoms with Gasteiger partial charge in [0, 0.05) is 12.1 Å². The second kappa shape index (κ2) is 6.76. The molecule has 0 spiro atoms. The summed E-state index contributed by atoms with van der Waals surface area (Å²) < 4.78 is 11.0. The van der Waals surface area contributed by atoms with E-state index < -0.39 is 5.91 Å². The van der Waals surface area contributed by atoms with Gasteiger partial charge in [-0.05, 0) is 42.0 Å². The second-order valence-electron chi connectivity index (χ2n) is 4.50. The molecule has 0 heterocycles. The van der Waals surface area contributed by atoms with Crippen molar-refractivity contribution in [2.24, 2.45) is 11.5 Å². The number of ether oxygens (including phenoxy) is 2. The number of primary amides is 1. The Morgan fingerprint density at radius 1 is 1.05 bits per heavy atom. The number of carbonyl (C=O) groups excluding carboxylic acids is 1. The van der Waals surface area contributed by atoms with Crippen LogP contribution in [0.25, 0.3) is 0 Å². The van der Waals surface area contributed by atoms with Crippen LogP contribution in [0.1, 0.15) is 22.0 Å². The Kier molecular flexibility index (Phi) is 4.79. The highest BCUT2D eigenvalue weighted by atomic mass is 16.5. The Morgan fingerprint density at radius 3 is 2.10 bits per heavy atom. The van der Waals surface area contributed by atoms with Gasteiger partial charge in [-0.1, -0.05) is 12.1 Å². The summed E-state index contributed by atoms with van der Waals surface area (Å²) in [6, 6.07) is 14.2. The first kappa shape index (κ1) is 14.9. The molecule has 2 rings (SSSR count). The van der Waals surface area contributed by atoms with Gasteiger partial charge in [-0.15, -0.1) is 0 Å². The molecule has 0 radical (unpaired) electrons. The number of carbonyl (C=O) groups is 1. The van der Waals surface area contributed by atoms with Crippen LogP contribution >= 0.6 is 0 Å². The SMILES string of the molecule is COc1ccc(C(CN)Oc2ccc(C(N)=O)cc2)cc1. The monoisotopic (exact) mass is 286 g/mol. The van der Waals surface area contributed by atoms with Gasteiger partial charge in [-0.3, -0.25) is 4.79 Å². The number of hydrogen-bond donors (Lipinski definition) is 2. The molecule has 5 nitrogen and oxygen atoms in total. The average molecular weight is 286 g/mol. The van der Waals surface area contributed by atoms with Gasteiger partial charge >= 0.3 is 0 Å². The summed E-state index contributed by atoms with van der Waals surface area (Å²) in [5.74, 6) is 0.943. The van der Waals surface area contributed by atoms with Crippen LogP contribution in [0, 0.1) is 0 Å². The predicted molar refractivity (Wildman–Crippen MR) is 80.4 cm³/mol. The van der Waals surface area contributed by atoms with Crippen molar-refractivity contribution in [3.05, 3.63) is 59.7 Å². The van der Waals surface area contributed by atoms with E-state index in [-0.39, 0.29) is 6.10 Å². The molecule has 0 saturated carbocycles. The van der Waals surface area contributed by atoms with Gasteiger partial charge in [-0.2, -0.15) is 0 Å². The highest BCUT2D eigenvalue weighted by Crippen LogP contribution is 2.23. The summed E-state index contributed by atoms with van der Waals surface area (Å²) in [5, 5.41) is 0. The van der Waals surface area contributed by atoms with Gasteiger partial charge in [0.25, 0.3) is 0 Å². The Morgan fingerprint density at radius 2 is 1.62 bits per heavy atom. The van der Waals surface area contributed by atoms with Crippen LogP contribution < -0.4 is 20.9 Å². The Balaban J connectivity index is 2.12. The lowest BCUT2D eigenvalue weighted by Gasteiger charge is -2.18. The molecule has 0 aliphatic heterocycles. The molecule has 1 amide bonds. The standard InChI is InChI=1S/C16H18N2O3/c1-20-13-6-2-11(3-7-13)15(10-17)21-14-8-4-12(5-9-14)16(18)19/h2-9,15H,10,17H2,1H3,(H2,18,19). The molecular formula is C16H18N2O3. The molecule has 0 bridgehead atoms. The number of amides is 1. The van der Waals surface area contributed by atoms with E-state index in [0.29, 0.717) is 17.9 Å². The van der Waals surface area contributed by atoms with Gasteiger partial charge < -0.3 is 20.9 Å². The van der Waals surface area contributed by atoms with E-state index in [2.05, 4.69) is 0 Å². The Bertz CT molecular complexity index is 594. The Labute approximate surface area is 123 Å².